The maximum absolute atomic E-state index is 13.2. The largest absolute Gasteiger partial charge is 0.496 e. The van der Waals surface area contributed by atoms with Crippen LogP contribution in [0.1, 0.15) is 24.5 Å². The average molecular weight is 287 g/mol. The van der Waals surface area contributed by atoms with E-state index in [4.69, 9.17) is 4.74 Å². The SMILES string of the molecule is CCCNCc1cc(-c2ccc(F)cc2C)ccc1OC. The van der Waals surface area contributed by atoms with Gasteiger partial charge in [0.1, 0.15) is 11.6 Å². The zero-order valence-corrected chi connectivity index (χ0v) is 12.9. The summed E-state index contributed by atoms with van der Waals surface area (Å²) in [5.41, 5.74) is 4.19. The molecule has 0 aliphatic heterocycles. The molecule has 0 spiro atoms. The molecule has 0 aliphatic carbocycles. The van der Waals surface area contributed by atoms with Crippen molar-refractivity contribution in [1.82, 2.24) is 5.32 Å². The third-order valence-corrected chi connectivity index (χ3v) is 3.52. The van der Waals surface area contributed by atoms with Gasteiger partial charge in [0.2, 0.25) is 0 Å². The Morgan fingerprint density at radius 1 is 1.14 bits per heavy atom. The minimum Gasteiger partial charge on any atom is -0.496 e. The predicted molar refractivity (Wildman–Crippen MR) is 85.1 cm³/mol. The lowest BCUT2D eigenvalue weighted by Crippen LogP contribution is -2.14. The van der Waals surface area contributed by atoms with Crippen LogP contribution in [-0.2, 0) is 6.54 Å². The molecule has 0 saturated heterocycles. The first kappa shape index (κ1) is 15.5. The summed E-state index contributed by atoms with van der Waals surface area (Å²) < 4.78 is 18.7. The van der Waals surface area contributed by atoms with E-state index in [1.54, 1.807) is 13.2 Å². The fourth-order valence-electron chi connectivity index (χ4n) is 2.44. The summed E-state index contributed by atoms with van der Waals surface area (Å²) >= 11 is 0. The number of aryl methyl sites for hydroxylation is 1. The highest BCUT2D eigenvalue weighted by molar-refractivity contribution is 5.69. The van der Waals surface area contributed by atoms with Crippen molar-refractivity contribution in [3.8, 4) is 16.9 Å². The third-order valence-electron chi connectivity index (χ3n) is 3.52. The van der Waals surface area contributed by atoms with Crippen LogP contribution in [0.25, 0.3) is 11.1 Å². The van der Waals surface area contributed by atoms with Gasteiger partial charge >= 0.3 is 0 Å². The van der Waals surface area contributed by atoms with Crippen molar-refractivity contribution in [2.24, 2.45) is 0 Å². The molecule has 0 bridgehead atoms. The van der Waals surface area contributed by atoms with Crippen LogP contribution < -0.4 is 10.1 Å². The molecular weight excluding hydrogens is 265 g/mol. The number of halogens is 1. The normalized spacial score (nSPS) is 10.7. The van der Waals surface area contributed by atoms with E-state index in [0.29, 0.717) is 0 Å². The summed E-state index contributed by atoms with van der Waals surface area (Å²) in [6, 6.07) is 11.0. The zero-order valence-electron chi connectivity index (χ0n) is 12.9. The molecule has 0 atom stereocenters. The molecule has 2 nitrogen and oxygen atoms in total. The topological polar surface area (TPSA) is 21.3 Å². The Bertz CT molecular complexity index is 610. The number of nitrogens with one attached hydrogen (secondary N) is 1. The maximum atomic E-state index is 13.2. The number of hydrogen-bond donors (Lipinski definition) is 1. The van der Waals surface area contributed by atoms with Gasteiger partial charge in [-0.25, -0.2) is 4.39 Å². The highest BCUT2D eigenvalue weighted by atomic mass is 19.1. The van der Waals surface area contributed by atoms with Crippen molar-refractivity contribution >= 4 is 0 Å². The Balaban J connectivity index is 2.34. The smallest absolute Gasteiger partial charge is 0.123 e. The van der Waals surface area contributed by atoms with Crippen LogP contribution in [0.2, 0.25) is 0 Å². The first-order valence-electron chi connectivity index (χ1n) is 7.30. The molecule has 21 heavy (non-hydrogen) atoms. The Hall–Kier alpha value is -1.87. The van der Waals surface area contributed by atoms with Gasteiger partial charge in [-0.05, 0) is 60.8 Å². The minimum absolute atomic E-state index is 0.199. The molecule has 0 heterocycles. The summed E-state index contributed by atoms with van der Waals surface area (Å²) in [4.78, 5) is 0. The van der Waals surface area contributed by atoms with E-state index in [0.717, 1.165) is 47.5 Å². The fourth-order valence-corrected chi connectivity index (χ4v) is 2.44. The molecule has 0 aromatic heterocycles. The predicted octanol–water partition coefficient (Wildman–Crippen LogP) is 4.31. The quantitative estimate of drug-likeness (QED) is 0.799. The highest BCUT2D eigenvalue weighted by Crippen LogP contribution is 2.29. The van der Waals surface area contributed by atoms with Gasteiger partial charge in [0.25, 0.3) is 0 Å². The van der Waals surface area contributed by atoms with Crippen molar-refractivity contribution < 1.29 is 9.13 Å². The van der Waals surface area contributed by atoms with Crippen molar-refractivity contribution in [3.63, 3.8) is 0 Å². The van der Waals surface area contributed by atoms with Gasteiger partial charge in [0.15, 0.2) is 0 Å². The van der Waals surface area contributed by atoms with Crippen LogP contribution in [0, 0.1) is 12.7 Å². The lowest BCUT2D eigenvalue weighted by Gasteiger charge is -2.13. The van der Waals surface area contributed by atoms with E-state index in [1.165, 1.54) is 6.07 Å². The molecule has 0 unspecified atom stereocenters. The number of rotatable bonds is 6. The Labute approximate surface area is 126 Å². The zero-order chi connectivity index (χ0) is 15.2. The lowest BCUT2D eigenvalue weighted by molar-refractivity contribution is 0.408. The summed E-state index contributed by atoms with van der Waals surface area (Å²) in [7, 11) is 1.68. The maximum Gasteiger partial charge on any atom is 0.123 e. The van der Waals surface area contributed by atoms with Crippen LogP contribution in [0.3, 0.4) is 0 Å². The van der Waals surface area contributed by atoms with Gasteiger partial charge in [-0.1, -0.05) is 19.1 Å². The van der Waals surface area contributed by atoms with Gasteiger partial charge < -0.3 is 10.1 Å². The number of ether oxygens (including phenoxy) is 1. The van der Waals surface area contributed by atoms with Crippen molar-refractivity contribution in [2.75, 3.05) is 13.7 Å². The molecule has 3 heteroatoms. The molecule has 0 radical (unpaired) electrons. The molecule has 2 rings (SSSR count). The van der Waals surface area contributed by atoms with Crippen LogP contribution in [-0.4, -0.2) is 13.7 Å². The molecule has 2 aromatic rings. The van der Waals surface area contributed by atoms with Gasteiger partial charge in [-0.15, -0.1) is 0 Å². The van der Waals surface area contributed by atoms with Crippen LogP contribution >= 0.6 is 0 Å². The average Bonchev–Trinajstić information content (AvgIpc) is 2.47. The Kier molecular flexibility index (Phi) is 5.34. The molecular formula is C18H22FNO. The van der Waals surface area contributed by atoms with Crippen LogP contribution in [0.5, 0.6) is 5.75 Å². The molecule has 2 aromatic carbocycles. The van der Waals surface area contributed by atoms with E-state index in [-0.39, 0.29) is 5.82 Å². The molecule has 112 valence electrons. The van der Waals surface area contributed by atoms with E-state index in [2.05, 4.69) is 18.3 Å². The summed E-state index contributed by atoms with van der Waals surface area (Å²) in [6.07, 6.45) is 1.10. The minimum atomic E-state index is -0.199. The fraction of sp³-hybridized carbons (Fsp3) is 0.333. The van der Waals surface area contributed by atoms with Crippen molar-refractivity contribution in [3.05, 3.63) is 53.3 Å². The second kappa shape index (κ2) is 7.23. The molecule has 0 saturated carbocycles. The summed E-state index contributed by atoms with van der Waals surface area (Å²) in [6.45, 7) is 5.81. The summed E-state index contributed by atoms with van der Waals surface area (Å²) in [5, 5.41) is 3.39. The lowest BCUT2D eigenvalue weighted by atomic mass is 9.98. The van der Waals surface area contributed by atoms with E-state index >= 15 is 0 Å². The van der Waals surface area contributed by atoms with Crippen LogP contribution in [0.15, 0.2) is 36.4 Å². The molecule has 0 amide bonds. The van der Waals surface area contributed by atoms with Crippen molar-refractivity contribution in [1.29, 1.82) is 0 Å². The van der Waals surface area contributed by atoms with E-state index in [1.807, 2.05) is 25.1 Å². The Morgan fingerprint density at radius 3 is 2.62 bits per heavy atom. The number of methoxy groups -OCH3 is 1. The van der Waals surface area contributed by atoms with E-state index in [9.17, 15) is 4.39 Å². The summed E-state index contributed by atoms with van der Waals surface area (Å²) in [5.74, 6) is 0.678. The number of benzene rings is 2. The molecule has 1 N–H and O–H groups in total. The van der Waals surface area contributed by atoms with Gasteiger partial charge in [0.05, 0.1) is 7.11 Å². The van der Waals surface area contributed by atoms with Gasteiger partial charge in [0, 0.05) is 12.1 Å². The highest BCUT2D eigenvalue weighted by Gasteiger charge is 2.08. The monoisotopic (exact) mass is 287 g/mol. The molecule has 0 fully saturated rings. The van der Waals surface area contributed by atoms with Crippen molar-refractivity contribution in [2.45, 2.75) is 26.8 Å². The number of hydrogen-bond acceptors (Lipinski definition) is 2. The van der Waals surface area contributed by atoms with Gasteiger partial charge in [-0.2, -0.15) is 0 Å². The third kappa shape index (κ3) is 3.82. The standard InChI is InChI=1S/C18H22FNO/c1-4-9-20-12-15-11-14(5-8-18(15)21-3)17-7-6-16(19)10-13(17)2/h5-8,10-11,20H,4,9,12H2,1-3H3. The molecule has 0 aliphatic rings. The van der Waals surface area contributed by atoms with E-state index < -0.39 is 0 Å². The Morgan fingerprint density at radius 2 is 1.95 bits per heavy atom. The first-order valence-corrected chi connectivity index (χ1v) is 7.30. The van der Waals surface area contributed by atoms with Gasteiger partial charge in [-0.3, -0.25) is 0 Å². The second-order valence-electron chi connectivity index (χ2n) is 5.16. The first-order chi connectivity index (χ1) is 10.2. The van der Waals surface area contributed by atoms with Crippen LogP contribution in [0.4, 0.5) is 4.39 Å². The second-order valence-corrected chi connectivity index (χ2v) is 5.16.